The first kappa shape index (κ1) is 14.8. The highest BCUT2D eigenvalue weighted by atomic mass is 16.5. The van der Waals surface area contributed by atoms with Gasteiger partial charge in [0.2, 0.25) is 0 Å². The van der Waals surface area contributed by atoms with Crippen molar-refractivity contribution in [1.29, 1.82) is 5.26 Å². The van der Waals surface area contributed by atoms with E-state index in [0.717, 1.165) is 0 Å². The molecule has 116 valence electrons. The van der Waals surface area contributed by atoms with Gasteiger partial charge >= 0.3 is 0 Å². The van der Waals surface area contributed by atoms with Crippen molar-refractivity contribution in [3.8, 4) is 29.1 Å². The van der Waals surface area contributed by atoms with Crippen LogP contribution >= 0.6 is 0 Å². The molecule has 0 saturated carbocycles. The van der Waals surface area contributed by atoms with E-state index in [2.05, 4.69) is 6.07 Å². The summed E-state index contributed by atoms with van der Waals surface area (Å²) in [6, 6.07) is 10.9. The van der Waals surface area contributed by atoms with Gasteiger partial charge in [-0.2, -0.15) is 5.26 Å². The molecule has 0 unspecified atom stereocenters. The molecule has 0 spiro atoms. The van der Waals surface area contributed by atoms with Gasteiger partial charge < -0.3 is 19.3 Å². The number of phenolic OH excluding ortho intramolecular Hbond substituents is 1. The molecule has 0 aliphatic carbocycles. The highest BCUT2D eigenvalue weighted by Crippen LogP contribution is 2.46. The van der Waals surface area contributed by atoms with Gasteiger partial charge in [0.15, 0.2) is 11.5 Å². The summed E-state index contributed by atoms with van der Waals surface area (Å²) in [6.45, 7) is 0. The monoisotopic (exact) mass is 309 g/mol. The molecular weight excluding hydrogens is 294 g/mol. The Bertz CT molecular complexity index is 957. The van der Waals surface area contributed by atoms with E-state index < -0.39 is 0 Å². The van der Waals surface area contributed by atoms with Crippen LogP contribution in [0, 0.1) is 11.3 Å². The van der Waals surface area contributed by atoms with Gasteiger partial charge in [-0.25, -0.2) is 0 Å². The fraction of sp³-hybridized carbons (Fsp3) is 0.167. The number of aromatic hydroxyl groups is 1. The molecule has 5 nitrogen and oxygen atoms in total. The Morgan fingerprint density at radius 1 is 0.913 bits per heavy atom. The molecule has 0 heterocycles. The Morgan fingerprint density at radius 2 is 1.65 bits per heavy atom. The number of nitriles is 1. The first-order valence-electron chi connectivity index (χ1n) is 6.93. The average Bonchev–Trinajstić information content (AvgIpc) is 2.60. The Labute approximate surface area is 133 Å². The predicted octanol–water partition coefficient (Wildman–Crippen LogP) is 3.60. The SMILES string of the molecule is COc1ccc2c(O)c3c(OC)c(OC)ccc3c(C#N)c2c1. The molecule has 0 saturated heterocycles. The van der Waals surface area contributed by atoms with Crippen LogP contribution in [0.15, 0.2) is 30.3 Å². The maximum absolute atomic E-state index is 10.7. The topological polar surface area (TPSA) is 71.7 Å². The van der Waals surface area contributed by atoms with E-state index in [1.54, 1.807) is 37.4 Å². The second-order valence-corrected chi connectivity index (χ2v) is 4.97. The van der Waals surface area contributed by atoms with Crippen LogP contribution in [0.1, 0.15) is 5.56 Å². The molecule has 23 heavy (non-hydrogen) atoms. The number of hydrogen-bond acceptors (Lipinski definition) is 5. The third-order valence-electron chi connectivity index (χ3n) is 3.91. The van der Waals surface area contributed by atoms with Crippen molar-refractivity contribution in [2.45, 2.75) is 0 Å². The van der Waals surface area contributed by atoms with Crippen LogP contribution in [0.25, 0.3) is 21.5 Å². The zero-order chi connectivity index (χ0) is 16.6. The minimum atomic E-state index is 0.0485. The molecule has 0 bridgehead atoms. The van der Waals surface area contributed by atoms with Gasteiger partial charge in [0.1, 0.15) is 17.6 Å². The normalized spacial score (nSPS) is 10.5. The lowest BCUT2D eigenvalue weighted by molar-refractivity contribution is 0.357. The second kappa shape index (κ2) is 5.58. The standard InChI is InChI=1S/C18H15NO4/c1-21-10-4-5-12-13(8-10)14(9-19)11-6-7-15(22-2)18(23-3)16(11)17(12)20/h4-8,20H,1-3H3. The lowest BCUT2D eigenvalue weighted by atomic mass is 9.95. The summed E-state index contributed by atoms with van der Waals surface area (Å²) in [4.78, 5) is 0. The van der Waals surface area contributed by atoms with Crippen LogP contribution in [0.4, 0.5) is 0 Å². The van der Waals surface area contributed by atoms with Gasteiger partial charge in [0.05, 0.1) is 32.3 Å². The first-order valence-corrected chi connectivity index (χ1v) is 6.93. The molecule has 0 aliphatic rings. The maximum atomic E-state index is 10.7. The lowest BCUT2D eigenvalue weighted by Gasteiger charge is -2.15. The van der Waals surface area contributed by atoms with Crippen molar-refractivity contribution in [3.63, 3.8) is 0 Å². The number of benzene rings is 3. The quantitative estimate of drug-likeness (QED) is 0.748. The lowest BCUT2D eigenvalue weighted by Crippen LogP contribution is -1.94. The highest BCUT2D eigenvalue weighted by Gasteiger charge is 2.20. The van der Waals surface area contributed by atoms with Crippen molar-refractivity contribution in [1.82, 2.24) is 0 Å². The smallest absolute Gasteiger partial charge is 0.172 e. The van der Waals surface area contributed by atoms with Crippen LogP contribution in [-0.2, 0) is 0 Å². The summed E-state index contributed by atoms with van der Waals surface area (Å²) in [5.74, 6) is 1.56. The highest BCUT2D eigenvalue weighted by molar-refractivity contribution is 6.13. The van der Waals surface area contributed by atoms with Crippen LogP contribution in [0.2, 0.25) is 0 Å². The van der Waals surface area contributed by atoms with Gasteiger partial charge in [-0.1, -0.05) is 0 Å². The zero-order valence-electron chi connectivity index (χ0n) is 13.0. The summed E-state index contributed by atoms with van der Waals surface area (Å²) in [6.07, 6.45) is 0. The molecule has 3 aromatic rings. The summed E-state index contributed by atoms with van der Waals surface area (Å²) >= 11 is 0. The van der Waals surface area contributed by atoms with Crippen LogP contribution < -0.4 is 14.2 Å². The fourth-order valence-corrected chi connectivity index (χ4v) is 2.83. The van der Waals surface area contributed by atoms with Gasteiger partial charge in [-0.05, 0) is 30.3 Å². The molecule has 0 amide bonds. The summed E-state index contributed by atoms with van der Waals surface area (Å²) < 4.78 is 15.9. The van der Waals surface area contributed by atoms with Crippen LogP contribution in [-0.4, -0.2) is 26.4 Å². The van der Waals surface area contributed by atoms with E-state index in [0.29, 0.717) is 44.4 Å². The molecule has 0 aliphatic heterocycles. The summed E-state index contributed by atoms with van der Waals surface area (Å²) in [5.41, 5.74) is 0.452. The van der Waals surface area contributed by atoms with Crippen LogP contribution in [0.3, 0.4) is 0 Å². The van der Waals surface area contributed by atoms with Crippen LogP contribution in [0.5, 0.6) is 23.0 Å². The Hall–Kier alpha value is -3.13. The molecule has 0 atom stereocenters. The number of ether oxygens (including phenoxy) is 3. The Kier molecular flexibility index (Phi) is 3.59. The number of hydrogen-bond donors (Lipinski definition) is 1. The van der Waals surface area contributed by atoms with Crippen molar-refractivity contribution >= 4 is 21.5 Å². The molecule has 3 rings (SSSR count). The molecule has 0 fully saturated rings. The van der Waals surface area contributed by atoms with Gasteiger partial charge in [0, 0.05) is 16.2 Å². The van der Waals surface area contributed by atoms with Gasteiger partial charge in [-0.15, -0.1) is 0 Å². The molecule has 0 radical (unpaired) electrons. The summed E-state index contributed by atoms with van der Waals surface area (Å²) in [7, 11) is 4.58. The minimum Gasteiger partial charge on any atom is -0.507 e. The predicted molar refractivity (Wildman–Crippen MR) is 87.5 cm³/mol. The van der Waals surface area contributed by atoms with Crippen molar-refractivity contribution in [3.05, 3.63) is 35.9 Å². The Balaban J connectivity index is 2.58. The Morgan fingerprint density at radius 3 is 2.26 bits per heavy atom. The van der Waals surface area contributed by atoms with E-state index >= 15 is 0 Å². The summed E-state index contributed by atoms with van der Waals surface area (Å²) in [5, 5.41) is 22.6. The fourth-order valence-electron chi connectivity index (χ4n) is 2.83. The van der Waals surface area contributed by atoms with Gasteiger partial charge in [-0.3, -0.25) is 0 Å². The van der Waals surface area contributed by atoms with Crippen molar-refractivity contribution in [2.24, 2.45) is 0 Å². The number of methoxy groups -OCH3 is 3. The number of phenols is 1. The van der Waals surface area contributed by atoms with E-state index in [1.807, 2.05) is 0 Å². The molecular formula is C18H15NO4. The zero-order valence-corrected chi connectivity index (χ0v) is 13.0. The second-order valence-electron chi connectivity index (χ2n) is 4.97. The average molecular weight is 309 g/mol. The minimum absolute atomic E-state index is 0.0485. The number of rotatable bonds is 3. The van der Waals surface area contributed by atoms with E-state index in [9.17, 15) is 10.4 Å². The van der Waals surface area contributed by atoms with Gasteiger partial charge in [0.25, 0.3) is 0 Å². The maximum Gasteiger partial charge on any atom is 0.172 e. The van der Waals surface area contributed by atoms with E-state index in [-0.39, 0.29) is 5.75 Å². The molecule has 3 aromatic carbocycles. The first-order chi connectivity index (χ1) is 11.2. The molecule has 5 heteroatoms. The van der Waals surface area contributed by atoms with Crippen molar-refractivity contribution < 1.29 is 19.3 Å². The molecule has 1 N–H and O–H groups in total. The third kappa shape index (κ3) is 2.08. The van der Waals surface area contributed by atoms with E-state index in [1.165, 1.54) is 14.2 Å². The largest absolute Gasteiger partial charge is 0.507 e. The van der Waals surface area contributed by atoms with E-state index in [4.69, 9.17) is 14.2 Å². The number of fused-ring (bicyclic) bond motifs is 2. The van der Waals surface area contributed by atoms with Crippen molar-refractivity contribution in [2.75, 3.05) is 21.3 Å². The number of nitrogens with zero attached hydrogens (tertiary/aromatic N) is 1. The third-order valence-corrected chi connectivity index (χ3v) is 3.91. The molecule has 0 aromatic heterocycles.